The topological polar surface area (TPSA) is 52.4 Å². The number of piperidine rings is 1. The Morgan fingerprint density at radius 1 is 1.35 bits per heavy atom. The molecule has 2 fully saturated rings. The van der Waals surface area contributed by atoms with Gasteiger partial charge in [-0.15, -0.1) is 0 Å². The fraction of sp³-hybridized carbons (Fsp3) is 0.600. The van der Waals surface area contributed by atoms with E-state index in [0.29, 0.717) is 5.56 Å². The second-order valence-corrected chi connectivity index (χ2v) is 5.77. The Hall–Kier alpha value is -1.64. The quantitative estimate of drug-likeness (QED) is 0.770. The van der Waals surface area contributed by atoms with Gasteiger partial charge in [0.1, 0.15) is 5.82 Å². The van der Waals surface area contributed by atoms with Crippen LogP contribution in [0.3, 0.4) is 0 Å². The summed E-state index contributed by atoms with van der Waals surface area (Å²) in [5, 5.41) is 9.01. The molecule has 0 atom stereocenters. The summed E-state index contributed by atoms with van der Waals surface area (Å²) in [5.41, 5.74) is 0.633. The smallest absolute Gasteiger partial charge is 0.129 e. The number of ether oxygens (including phenoxy) is 1. The maximum atomic E-state index is 9.01. The van der Waals surface area contributed by atoms with E-state index in [4.69, 9.17) is 10.00 Å². The summed E-state index contributed by atoms with van der Waals surface area (Å²) in [6.07, 6.45) is 3.85. The van der Waals surface area contributed by atoms with E-state index in [2.05, 4.69) is 27.9 Å². The van der Waals surface area contributed by atoms with Crippen molar-refractivity contribution in [2.45, 2.75) is 18.4 Å². The lowest BCUT2D eigenvalue weighted by molar-refractivity contribution is -0.0884. The van der Waals surface area contributed by atoms with Crippen LogP contribution in [0.25, 0.3) is 0 Å². The summed E-state index contributed by atoms with van der Waals surface area (Å²) >= 11 is 0. The molecule has 0 saturated carbocycles. The first-order chi connectivity index (χ1) is 9.71. The normalized spacial score (nSPS) is 22.7. The van der Waals surface area contributed by atoms with Gasteiger partial charge in [-0.05, 0) is 32.0 Å². The summed E-state index contributed by atoms with van der Waals surface area (Å²) in [4.78, 5) is 9.02. The Bertz CT molecular complexity index is 517. The molecule has 5 nitrogen and oxygen atoms in total. The first-order valence-electron chi connectivity index (χ1n) is 7.14. The van der Waals surface area contributed by atoms with Gasteiger partial charge in [0, 0.05) is 32.4 Å². The van der Waals surface area contributed by atoms with E-state index in [9.17, 15) is 0 Å². The average molecular weight is 272 g/mol. The van der Waals surface area contributed by atoms with Crippen LogP contribution in [0.4, 0.5) is 5.82 Å². The minimum Gasteiger partial charge on any atom is -0.371 e. The SMILES string of the molecule is CN1CCC2(CC1)CN(c1cc(C#N)ccn1)CCO2. The molecule has 0 N–H and O–H groups in total. The molecule has 5 heteroatoms. The van der Waals surface area contributed by atoms with Crippen LogP contribution in [0.15, 0.2) is 18.3 Å². The molecule has 2 aliphatic rings. The summed E-state index contributed by atoms with van der Waals surface area (Å²) in [7, 11) is 2.16. The van der Waals surface area contributed by atoms with Gasteiger partial charge in [-0.1, -0.05) is 0 Å². The van der Waals surface area contributed by atoms with Gasteiger partial charge in [0.15, 0.2) is 0 Å². The molecule has 0 aliphatic carbocycles. The summed E-state index contributed by atoms with van der Waals surface area (Å²) in [6, 6.07) is 5.79. The molecule has 106 valence electrons. The second kappa shape index (κ2) is 5.39. The molecule has 3 heterocycles. The first kappa shape index (κ1) is 13.3. The second-order valence-electron chi connectivity index (χ2n) is 5.77. The molecule has 2 aliphatic heterocycles. The van der Waals surface area contributed by atoms with Gasteiger partial charge >= 0.3 is 0 Å². The van der Waals surface area contributed by atoms with Crippen molar-refractivity contribution in [2.75, 3.05) is 44.7 Å². The van der Waals surface area contributed by atoms with E-state index in [1.54, 1.807) is 12.3 Å². The highest BCUT2D eigenvalue weighted by Crippen LogP contribution is 2.31. The number of nitrogens with zero attached hydrogens (tertiary/aromatic N) is 4. The molecular weight excluding hydrogens is 252 g/mol. The number of morpholine rings is 1. The minimum absolute atomic E-state index is 0.0327. The van der Waals surface area contributed by atoms with Crippen LogP contribution in [0.2, 0.25) is 0 Å². The summed E-state index contributed by atoms with van der Waals surface area (Å²) in [6.45, 7) is 4.63. The molecule has 0 bridgehead atoms. The zero-order valence-corrected chi connectivity index (χ0v) is 11.9. The number of nitriles is 1. The summed E-state index contributed by atoms with van der Waals surface area (Å²) in [5.74, 6) is 0.894. The van der Waals surface area contributed by atoms with Crippen molar-refractivity contribution in [1.29, 1.82) is 5.26 Å². The maximum Gasteiger partial charge on any atom is 0.129 e. The van der Waals surface area contributed by atoms with Crippen molar-refractivity contribution in [2.24, 2.45) is 0 Å². The number of hydrogen-bond acceptors (Lipinski definition) is 5. The van der Waals surface area contributed by atoms with Crippen molar-refractivity contribution in [3.05, 3.63) is 23.9 Å². The molecule has 0 radical (unpaired) electrons. The molecule has 1 spiro atoms. The Kier molecular flexibility index (Phi) is 3.60. The minimum atomic E-state index is -0.0327. The predicted molar refractivity (Wildman–Crippen MR) is 76.6 cm³/mol. The van der Waals surface area contributed by atoms with Crippen LogP contribution in [0, 0.1) is 11.3 Å². The monoisotopic (exact) mass is 272 g/mol. The van der Waals surface area contributed by atoms with Crippen molar-refractivity contribution in [1.82, 2.24) is 9.88 Å². The maximum absolute atomic E-state index is 9.01. The van der Waals surface area contributed by atoms with Gasteiger partial charge in [0.2, 0.25) is 0 Å². The van der Waals surface area contributed by atoms with Gasteiger partial charge in [0.05, 0.1) is 23.8 Å². The van der Waals surface area contributed by atoms with Gasteiger partial charge in [-0.3, -0.25) is 0 Å². The van der Waals surface area contributed by atoms with Gasteiger partial charge < -0.3 is 14.5 Å². The van der Waals surface area contributed by atoms with Crippen LogP contribution < -0.4 is 4.90 Å². The number of pyridine rings is 1. The first-order valence-corrected chi connectivity index (χ1v) is 7.14. The molecule has 2 saturated heterocycles. The Balaban J connectivity index is 1.76. The van der Waals surface area contributed by atoms with Crippen LogP contribution in [-0.2, 0) is 4.74 Å². The Morgan fingerprint density at radius 2 is 2.15 bits per heavy atom. The van der Waals surface area contributed by atoms with Crippen LogP contribution in [-0.4, -0.2) is 55.3 Å². The van der Waals surface area contributed by atoms with E-state index in [1.165, 1.54) is 0 Å². The third kappa shape index (κ3) is 2.62. The highest BCUT2D eigenvalue weighted by atomic mass is 16.5. The highest BCUT2D eigenvalue weighted by Gasteiger charge is 2.39. The molecule has 0 amide bonds. The number of likely N-dealkylation sites (tertiary alicyclic amines) is 1. The van der Waals surface area contributed by atoms with Crippen LogP contribution in [0.1, 0.15) is 18.4 Å². The van der Waals surface area contributed by atoms with E-state index >= 15 is 0 Å². The number of hydrogen-bond donors (Lipinski definition) is 0. The Morgan fingerprint density at radius 3 is 2.90 bits per heavy atom. The van der Waals surface area contributed by atoms with Crippen LogP contribution >= 0.6 is 0 Å². The predicted octanol–water partition coefficient (Wildman–Crippen LogP) is 1.25. The highest BCUT2D eigenvalue weighted by molar-refractivity contribution is 5.45. The molecule has 3 rings (SSSR count). The third-order valence-corrected chi connectivity index (χ3v) is 4.35. The van der Waals surface area contributed by atoms with Crippen molar-refractivity contribution in [3.8, 4) is 6.07 Å². The van der Waals surface area contributed by atoms with Gasteiger partial charge in [0.25, 0.3) is 0 Å². The fourth-order valence-corrected chi connectivity index (χ4v) is 3.03. The largest absolute Gasteiger partial charge is 0.371 e. The van der Waals surface area contributed by atoms with Crippen LogP contribution in [0.5, 0.6) is 0 Å². The zero-order valence-electron chi connectivity index (χ0n) is 11.9. The number of rotatable bonds is 1. The van der Waals surface area contributed by atoms with Gasteiger partial charge in [-0.2, -0.15) is 5.26 Å². The fourth-order valence-electron chi connectivity index (χ4n) is 3.03. The molecule has 0 unspecified atom stereocenters. The molecule has 20 heavy (non-hydrogen) atoms. The lowest BCUT2D eigenvalue weighted by Crippen LogP contribution is -2.56. The van der Waals surface area contributed by atoms with E-state index in [0.717, 1.165) is 51.4 Å². The molecular formula is C15H20N4O. The van der Waals surface area contributed by atoms with E-state index in [-0.39, 0.29) is 5.60 Å². The van der Waals surface area contributed by atoms with E-state index in [1.807, 2.05) is 6.07 Å². The van der Waals surface area contributed by atoms with E-state index < -0.39 is 0 Å². The van der Waals surface area contributed by atoms with Gasteiger partial charge in [-0.25, -0.2) is 4.98 Å². The van der Waals surface area contributed by atoms with Crippen molar-refractivity contribution < 1.29 is 4.74 Å². The third-order valence-electron chi connectivity index (χ3n) is 4.35. The lowest BCUT2D eigenvalue weighted by atomic mass is 9.89. The zero-order chi connectivity index (χ0) is 14.0. The number of aromatic nitrogens is 1. The van der Waals surface area contributed by atoms with Crippen molar-refractivity contribution >= 4 is 5.82 Å². The number of anilines is 1. The molecule has 1 aromatic rings. The van der Waals surface area contributed by atoms with Crippen molar-refractivity contribution in [3.63, 3.8) is 0 Å². The average Bonchev–Trinajstić information content (AvgIpc) is 2.51. The molecule has 1 aromatic heterocycles. The summed E-state index contributed by atoms with van der Waals surface area (Å²) < 4.78 is 6.10. The Labute approximate surface area is 119 Å². The molecule has 0 aromatic carbocycles. The standard InChI is InChI=1S/C15H20N4O/c1-18-6-3-15(4-7-18)12-19(8-9-20-15)14-10-13(11-16)2-5-17-14/h2,5,10H,3-4,6-9,12H2,1H3. The lowest BCUT2D eigenvalue weighted by Gasteiger charge is -2.47.